The van der Waals surface area contributed by atoms with Crippen LogP contribution in [0.1, 0.15) is 37.8 Å². The average molecular weight is 246 g/mol. The van der Waals surface area contributed by atoms with Gasteiger partial charge in [-0.25, -0.2) is 0 Å². The lowest BCUT2D eigenvalue weighted by atomic mass is 10.1. The van der Waals surface area contributed by atoms with Crippen LogP contribution >= 0.6 is 0 Å². The third-order valence-corrected chi connectivity index (χ3v) is 4.02. The summed E-state index contributed by atoms with van der Waals surface area (Å²) in [6.07, 6.45) is 3.88. The molecule has 0 spiro atoms. The first kappa shape index (κ1) is 13.6. The molecule has 1 aliphatic rings. The van der Waals surface area contributed by atoms with E-state index in [0.29, 0.717) is 6.04 Å². The lowest BCUT2D eigenvalue weighted by Gasteiger charge is -2.24. The van der Waals surface area contributed by atoms with Gasteiger partial charge >= 0.3 is 0 Å². The molecule has 18 heavy (non-hydrogen) atoms. The van der Waals surface area contributed by atoms with E-state index in [4.69, 9.17) is 0 Å². The Labute approximate surface area is 111 Å². The first-order valence-electron chi connectivity index (χ1n) is 7.32. The van der Waals surface area contributed by atoms with Gasteiger partial charge in [0.15, 0.2) is 0 Å². The van der Waals surface area contributed by atoms with Gasteiger partial charge in [0.25, 0.3) is 0 Å². The van der Waals surface area contributed by atoms with E-state index >= 15 is 0 Å². The molecule has 1 unspecified atom stereocenters. The third kappa shape index (κ3) is 3.56. The molecule has 2 heteroatoms. The largest absolute Gasteiger partial charge is 0.311 e. The maximum absolute atomic E-state index is 3.61. The molecular formula is C16H26N2. The van der Waals surface area contributed by atoms with Crippen LogP contribution in [0.4, 0.5) is 0 Å². The van der Waals surface area contributed by atoms with Crippen LogP contribution in [0.2, 0.25) is 0 Å². The molecule has 0 amide bonds. The lowest BCUT2D eigenvalue weighted by molar-refractivity contribution is 0.251. The van der Waals surface area contributed by atoms with Gasteiger partial charge in [0.2, 0.25) is 0 Å². The standard InChI is InChI=1S/C16H26N2/c1-3-15-8-4-5-9-16(15)13-17-12-14(2)18-10-6-7-11-18/h4-5,8-9,14,17H,3,6-7,10-13H2,1-2H3. The predicted octanol–water partition coefficient (Wildman–Crippen LogP) is 2.82. The van der Waals surface area contributed by atoms with Crippen molar-refractivity contribution in [2.45, 2.75) is 45.7 Å². The van der Waals surface area contributed by atoms with Gasteiger partial charge in [0.1, 0.15) is 0 Å². The zero-order chi connectivity index (χ0) is 12.8. The Balaban J connectivity index is 1.77. The van der Waals surface area contributed by atoms with Crippen LogP contribution in [0.5, 0.6) is 0 Å². The normalized spacial score (nSPS) is 18.1. The molecular weight excluding hydrogens is 220 g/mol. The van der Waals surface area contributed by atoms with Gasteiger partial charge in [-0.15, -0.1) is 0 Å². The van der Waals surface area contributed by atoms with Crippen molar-refractivity contribution in [1.29, 1.82) is 0 Å². The van der Waals surface area contributed by atoms with Crippen LogP contribution in [0, 0.1) is 0 Å². The fraction of sp³-hybridized carbons (Fsp3) is 0.625. The molecule has 1 atom stereocenters. The van der Waals surface area contributed by atoms with Gasteiger partial charge in [-0.05, 0) is 50.4 Å². The van der Waals surface area contributed by atoms with Crippen LogP contribution in [-0.2, 0) is 13.0 Å². The van der Waals surface area contributed by atoms with Crippen molar-refractivity contribution in [2.75, 3.05) is 19.6 Å². The smallest absolute Gasteiger partial charge is 0.0208 e. The number of nitrogens with zero attached hydrogens (tertiary/aromatic N) is 1. The summed E-state index contributed by atoms with van der Waals surface area (Å²) in [6, 6.07) is 9.42. The minimum atomic E-state index is 0.668. The molecule has 2 nitrogen and oxygen atoms in total. The topological polar surface area (TPSA) is 15.3 Å². The van der Waals surface area contributed by atoms with Crippen LogP contribution in [-0.4, -0.2) is 30.6 Å². The van der Waals surface area contributed by atoms with Gasteiger partial charge in [0, 0.05) is 19.1 Å². The molecule has 100 valence electrons. The Bertz CT molecular complexity index is 356. The van der Waals surface area contributed by atoms with E-state index in [1.807, 2.05) is 0 Å². The van der Waals surface area contributed by atoms with Gasteiger partial charge in [0.05, 0.1) is 0 Å². The van der Waals surface area contributed by atoms with Crippen molar-refractivity contribution >= 4 is 0 Å². The number of benzene rings is 1. The molecule has 0 aliphatic carbocycles. The Morgan fingerprint density at radius 1 is 1.17 bits per heavy atom. The summed E-state index contributed by atoms with van der Waals surface area (Å²) in [5, 5.41) is 3.61. The second kappa shape index (κ2) is 6.91. The molecule has 1 saturated heterocycles. The summed E-state index contributed by atoms with van der Waals surface area (Å²) in [4.78, 5) is 2.60. The highest BCUT2D eigenvalue weighted by Gasteiger charge is 2.17. The van der Waals surface area contributed by atoms with Crippen LogP contribution < -0.4 is 5.32 Å². The van der Waals surface area contributed by atoms with Crippen LogP contribution in [0.25, 0.3) is 0 Å². The highest BCUT2D eigenvalue weighted by atomic mass is 15.2. The molecule has 1 N–H and O–H groups in total. The van der Waals surface area contributed by atoms with E-state index in [-0.39, 0.29) is 0 Å². The lowest BCUT2D eigenvalue weighted by Crippen LogP contribution is -2.38. The molecule has 1 aromatic carbocycles. The maximum Gasteiger partial charge on any atom is 0.0208 e. The highest BCUT2D eigenvalue weighted by Crippen LogP contribution is 2.12. The Kier molecular flexibility index (Phi) is 5.21. The minimum absolute atomic E-state index is 0.668. The summed E-state index contributed by atoms with van der Waals surface area (Å²) >= 11 is 0. The van der Waals surface area contributed by atoms with Crippen molar-refractivity contribution in [3.05, 3.63) is 35.4 Å². The highest BCUT2D eigenvalue weighted by molar-refractivity contribution is 5.26. The summed E-state index contributed by atoms with van der Waals surface area (Å²) < 4.78 is 0. The van der Waals surface area contributed by atoms with E-state index in [9.17, 15) is 0 Å². The van der Waals surface area contributed by atoms with Gasteiger partial charge in [-0.2, -0.15) is 0 Å². The van der Waals surface area contributed by atoms with E-state index < -0.39 is 0 Å². The van der Waals surface area contributed by atoms with Gasteiger partial charge in [-0.3, -0.25) is 4.90 Å². The SMILES string of the molecule is CCc1ccccc1CNCC(C)N1CCCC1. The zero-order valence-corrected chi connectivity index (χ0v) is 11.8. The number of nitrogens with one attached hydrogen (secondary N) is 1. The number of aryl methyl sites for hydroxylation is 1. The van der Waals surface area contributed by atoms with E-state index in [0.717, 1.165) is 19.5 Å². The molecule has 1 aromatic rings. The van der Waals surface area contributed by atoms with Crippen molar-refractivity contribution in [3.63, 3.8) is 0 Å². The summed E-state index contributed by atoms with van der Waals surface area (Å²) in [7, 11) is 0. The second-order valence-corrected chi connectivity index (χ2v) is 5.35. The number of likely N-dealkylation sites (tertiary alicyclic amines) is 1. The van der Waals surface area contributed by atoms with Crippen LogP contribution in [0.3, 0.4) is 0 Å². The van der Waals surface area contributed by atoms with E-state index in [1.165, 1.54) is 37.1 Å². The Morgan fingerprint density at radius 2 is 1.83 bits per heavy atom. The van der Waals surface area contributed by atoms with Gasteiger partial charge in [-0.1, -0.05) is 31.2 Å². The summed E-state index contributed by atoms with van der Waals surface area (Å²) in [6.45, 7) is 9.23. The molecule has 1 heterocycles. The Hall–Kier alpha value is -0.860. The monoisotopic (exact) mass is 246 g/mol. The van der Waals surface area contributed by atoms with Crippen molar-refractivity contribution in [1.82, 2.24) is 10.2 Å². The molecule has 0 bridgehead atoms. The van der Waals surface area contributed by atoms with Crippen molar-refractivity contribution in [3.8, 4) is 0 Å². The minimum Gasteiger partial charge on any atom is -0.311 e. The third-order valence-electron chi connectivity index (χ3n) is 4.02. The average Bonchev–Trinajstić information content (AvgIpc) is 2.93. The second-order valence-electron chi connectivity index (χ2n) is 5.35. The van der Waals surface area contributed by atoms with Gasteiger partial charge < -0.3 is 5.32 Å². The molecule has 0 radical (unpaired) electrons. The molecule has 0 aromatic heterocycles. The fourth-order valence-corrected chi connectivity index (χ4v) is 2.80. The summed E-state index contributed by atoms with van der Waals surface area (Å²) in [5.41, 5.74) is 2.92. The maximum atomic E-state index is 3.61. The quantitative estimate of drug-likeness (QED) is 0.830. The first-order chi connectivity index (χ1) is 8.81. The van der Waals surface area contributed by atoms with E-state index in [1.54, 1.807) is 0 Å². The fourth-order valence-electron chi connectivity index (χ4n) is 2.80. The van der Waals surface area contributed by atoms with Crippen LogP contribution in [0.15, 0.2) is 24.3 Å². The van der Waals surface area contributed by atoms with Crippen molar-refractivity contribution < 1.29 is 0 Å². The number of hydrogen-bond acceptors (Lipinski definition) is 2. The Morgan fingerprint density at radius 3 is 2.50 bits per heavy atom. The van der Waals surface area contributed by atoms with Crippen molar-refractivity contribution in [2.24, 2.45) is 0 Å². The van der Waals surface area contributed by atoms with E-state index in [2.05, 4.69) is 48.3 Å². The predicted molar refractivity (Wildman–Crippen MR) is 77.8 cm³/mol. The molecule has 2 rings (SSSR count). The number of rotatable bonds is 6. The molecule has 0 saturated carbocycles. The number of hydrogen-bond donors (Lipinski definition) is 1. The first-order valence-corrected chi connectivity index (χ1v) is 7.32. The summed E-state index contributed by atoms with van der Waals surface area (Å²) in [5.74, 6) is 0. The zero-order valence-electron chi connectivity index (χ0n) is 11.8. The molecule has 1 aliphatic heterocycles. The molecule has 1 fully saturated rings.